The second kappa shape index (κ2) is 7.25. The number of hydrogen-bond donors (Lipinski definition) is 1. The average molecular weight is 383 g/mol. The molecule has 2 aromatic heterocycles. The average Bonchev–Trinajstić information content (AvgIpc) is 2.61. The van der Waals surface area contributed by atoms with Crippen molar-refractivity contribution >= 4 is 17.4 Å². The van der Waals surface area contributed by atoms with Gasteiger partial charge in [0.15, 0.2) is 5.82 Å². The maximum Gasteiger partial charge on any atom is 0.417 e. The van der Waals surface area contributed by atoms with Crippen LogP contribution in [0.15, 0.2) is 48.9 Å². The number of rotatable bonds is 4. The summed E-state index contributed by atoms with van der Waals surface area (Å²) in [5.41, 5.74) is -0.392. The van der Waals surface area contributed by atoms with Crippen molar-refractivity contribution in [3.8, 4) is 11.4 Å². The molecule has 26 heavy (non-hydrogen) atoms. The summed E-state index contributed by atoms with van der Waals surface area (Å²) in [5, 5.41) is 3.18. The lowest BCUT2D eigenvalue weighted by atomic mass is 10.2. The number of halogens is 5. The molecule has 4 nitrogen and oxygen atoms in total. The highest BCUT2D eigenvalue weighted by Gasteiger charge is 2.31. The zero-order valence-corrected chi connectivity index (χ0v) is 13.8. The lowest BCUT2D eigenvalue weighted by molar-refractivity contribution is -0.137. The number of alkyl halides is 3. The fourth-order valence-electron chi connectivity index (χ4n) is 2.16. The molecule has 0 saturated carbocycles. The first-order valence-electron chi connectivity index (χ1n) is 7.36. The highest BCUT2D eigenvalue weighted by atomic mass is 35.5. The van der Waals surface area contributed by atoms with E-state index in [0.717, 1.165) is 12.3 Å². The van der Waals surface area contributed by atoms with Crippen LogP contribution in [-0.2, 0) is 12.7 Å². The molecule has 3 aromatic rings. The molecule has 2 heterocycles. The van der Waals surface area contributed by atoms with Gasteiger partial charge in [0.2, 0.25) is 0 Å². The minimum atomic E-state index is -4.51. The summed E-state index contributed by atoms with van der Waals surface area (Å²) in [6, 6.07) is 6.73. The van der Waals surface area contributed by atoms with Crippen LogP contribution in [0.5, 0.6) is 0 Å². The molecule has 0 aliphatic carbocycles. The summed E-state index contributed by atoms with van der Waals surface area (Å²) in [6.07, 6.45) is -1.14. The van der Waals surface area contributed by atoms with Gasteiger partial charge >= 0.3 is 6.18 Å². The number of nitrogens with one attached hydrogen (secondary N) is 1. The number of anilines is 1. The van der Waals surface area contributed by atoms with Crippen LogP contribution in [0.25, 0.3) is 11.4 Å². The number of hydrogen-bond acceptors (Lipinski definition) is 4. The van der Waals surface area contributed by atoms with Crippen LogP contribution in [0.1, 0.15) is 11.1 Å². The van der Waals surface area contributed by atoms with Crippen molar-refractivity contribution in [2.75, 3.05) is 5.32 Å². The van der Waals surface area contributed by atoms with Gasteiger partial charge in [0.05, 0.1) is 5.56 Å². The first kappa shape index (κ1) is 18.1. The van der Waals surface area contributed by atoms with Crippen molar-refractivity contribution in [2.24, 2.45) is 0 Å². The fourth-order valence-corrected chi connectivity index (χ4v) is 2.32. The molecule has 9 heteroatoms. The highest BCUT2D eigenvalue weighted by Crippen LogP contribution is 2.30. The van der Waals surface area contributed by atoms with Gasteiger partial charge in [-0.2, -0.15) is 13.2 Å². The molecule has 3 rings (SSSR count). The first-order valence-corrected chi connectivity index (χ1v) is 7.74. The molecule has 0 aliphatic heterocycles. The van der Waals surface area contributed by atoms with Gasteiger partial charge in [-0.25, -0.2) is 14.4 Å². The summed E-state index contributed by atoms with van der Waals surface area (Å²) in [5.74, 6) is -0.0618. The van der Waals surface area contributed by atoms with Crippen LogP contribution in [-0.4, -0.2) is 15.0 Å². The summed E-state index contributed by atoms with van der Waals surface area (Å²) in [4.78, 5) is 11.7. The smallest absolute Gasteiger partial charge is 0.366 e. The summed E-state index contributed by atoms with van der Waals surface area (Å²) in [6.45, 7) is 0.125. The Balaban J connectivity index is 1.80. The standard InChI is InChI=1S/C17H11ClF4N4/c18-13-2-1-10(14(19)6-13)8-25-15-3-4-24-16(26-15)11-5-12(9-23-7-11)17(20,21)22/h1-7,9H,8H2,(H,24,25,26). The van der Waals surface area contributed by atoms with Gasteiger partial charge < -0.3 is 5.32 Å². The molecule has 0 radical (unpaired) electrons. The van der Waals surface area contributed by atoms with E-state index in [0.29, 0.717) is 11.4 Å². The zero-order valence-electron chi connectivity index (χ0n) is 13.1. The van der Waals surface area contributed by atoms with E-state index < -0.39 is 17.6 Å². The van der Waals surface area contributed by atoms with Crippen molar-refractivity contribution < 1.29 is 17.6 Å². The van der Waals surface area contributed by atoms with E-state index in [-0.39, 0.29) is 23.0 Å². The second-order valence-corrected chi connectivity index (χ2v) is 5.75. The Hall–Kier alpha value is -2.74. The molecule has 0 amide bonds. The monoisotopic (exact) mass is 382 g/mol. The quantitative estimate of drug-likeness (QED) is 0.648. The van der Waals surface area contributed by atoms with Crippen molar-refractivity contribution in [3.63, 3.8) is 0 Å². The Morgan fingerprint density at radius 1 is 1.08 bits per heavy atom. The Morgan fingerprint density at radius 2 is 1.88 bits per heavy atom. The van der Waals surface area contributed by atoms with E-state index in [1.54, 1.807) is 6.07 Å². The topological polar surface area (TPSA) is 50.7 Å². The summed E-state index contributed by atoms with van der Waals surface area (Å²) >= 11 is 5.70. The second-order valence-electron chi connectivity index (χ2n) is 5.31. The molecule has 0 fully saturated rings. The fraction of sp³-hybridized carbons (Fsp3) is 0.118. The normalized spacial score (nSPS) is 11.4. The van der Waals surface area contributed by atoms with Gasteiger partial charge in [0.25, 0.3) is 0 Å². The number of nitrogens with zero attached hydrogens (tertiary/aromatic N) is 3. The molecular weight excluding hydrogens is 372 g/mol. The molecule has 1 N–H and O–H groups in total. The Morgan fingerprint density at radius 3 is 2.62 bits per heavy atom. The van der Waals surface area contributed by atoms with E-state index in [4.69, 9.17) is 11.6 Å². The van der Waals surface area contributed by atoms with Crippen LogP contribution in [0, 0.1) is 5.82 Å². The van der Waals surface area contributed by atoms with Crippen LogP contribution in [0.2, 0.25) is 5.02 Å². The molecule has 1 aromatic carbocycles. The number of aromatic nitrogens is 3. The van der Waals surface area contributed by atoms with Gasteiger partial charge in [0, 0.05) is 41.3 Å². The predicted molar refractivity (Wildman–Crippen MR) is 89.0 cm³/mol. The van der Waals surface area contributed by atoms with Crippen LogP contribution in [0.3, 0.4) is 0 Å². The summed E-state index contributed by atoms with van der Waals surface area (Å²) in [7, 11) is 0. The third-order valence-corrected chi connectivity index (χ3v) is 3.69. The Kier molecular flexibility index (Phi) is 5.03. The molecule has 0 spiro atoms. The van der Waals surface area contributed by atoms with Gasteiger partial charge in [-0.05, 0) is 24.3 Å². The van der Waals surface area contributed by atoms with E-state index >= 15 is 0 Å². The van der Waals surface area contributed by atoms with Crippen molar-refractivity contribution in [1.82, 2.24) is 15.0 Å². The van der Waals surface area contributed by atoms with Crippen molar-refractivity contribution in [1.29, 1.82) is 0 Å². The SMILES string of the molecule is Fc1cc(Cl)ccc1CNc1ccnc(-c2cncc(C(F)(F)F)c2)n1. The van der Waals surface area contributed by atoms with Gasteiger partial charge in [-0.3, -0.25) is 4.98 Å². The molecular formula is C17H11ClF4N4. The lowest BCUT2D eigenvalue weighted by Gasteiger charge is -2.09. The number of pyridine rings is 1. The first-order chi connectivity index (χ1) is 12.3. The lowest BCUT2D eigenvalue weighted by Crippen LogP contribution is -2.07. The minimum Gasteiger partial charge on any atom is -0.366 e. The van der Waals surface area contributed by atoms with E-state index in [1.807, 2.05) is 0 Å². The molecule has 0 atom stereocenters. The highest BCUT2D eigenvalue weighted by molar-refractivity contribution is 6.30. The Bertz CT molecular complexity index is 931. The maximum absolute atomic E-state index is 13.8. The predicted octanol–water partition coefficient (Wildman–Crippen LogP) is 4.96. The largest absolute Gasteiger partial charge is 0.417 e. The Labute approximate surface area is 150 Å². The van der Waals surface area contributed by atoms with Crippen molar-refractivity contribution in [3.05, 3.63) is 70.9 Å². The van der Waals surface area contributed by atoms with Crippen LogP contribution < -0.4 is 5.32 Å². The minimum absolute atomic E-state index is 0.0742. The molecule has 134 valence electrons. The zero-order chi connectivity index (χ0) is 18.7. The van der Waals surface area contributed by atoms with Crippen LogP contribution in [0.4, 0.5) is 23.4 Å². The van der Waals surface area contributed by atoms with E-state index in [1.165, 1.54) is 30.6 Å². The van der Waals surface area contributed by atoms with E-state index in [2.05, 4.69) is 20.3 Å². The van der Waals surface area contributed by atoms with Crippen LogP contribution >= 0.6 is 11.6 Å². The molecule has 0 aliphatic rings. The molecule has 0 saturated heterocycles. The summed E-state index contributed by atoms with van der Waals surface area (Å²) < 4.78 is 52.2. The van der Waals surface area contributed by atoms with Gasteiger partial charge in [0.1, 0.15) is 11.6 Å². The molecule has 0 bridgehead atoms. The van der Waals surface area contributed by atoms with E-state index in [9.17, 15) is 17.6 Å². The maximum atomic E-state index is 13.8. The third kappa shape index (κ3) is 4.26. The molecule has 0 unspecified atom stereocenters. The number of benzene rings is 1. The van der Waals surface area contributed by atoms with Gasteiger partial charge in [-0.15, -0.1) is 0 Å². The third-order valence-electron chi connectivity index (χ3n) is 3.45. The van der Waals surface area contributed by atoms with Crippen molar-refractivity contribution in [2.45, 2.75) is 12.7 Å². The van der Waals surface area contributed by atoms with Gasteiger partial charge in [-0.1, -0.05) is 17.7 Å².